The molecule has 2 saturated heterocycles. The van der Waals surface area contributed by atoms with Gasteiger partial charge in [0, 0.05) is 49.1 Å². The van der Waals surface area contributed by atoms with Gasteiger partial charge in [0.2, 0.25) is 5.95 Å². The first-order chi connectivity index (χ1) is 16.4. The van der Waals surface area contributed by atoms with E-state index in [2.05, 4.69) is 69.9 Å². The molecule has 8 heteroatoms. The third-order valence-electron chi connectivity index (χ3n) is 8.09. The zero-order chi connectivity index (χ0) is 24.5. The van der Waals surface area contributed by atoms with Gasteiger partial charge in [0.05, 0.1) is 6.20 Å². The predicted octanol–water partition coefficient (Wildman–Crippen LogP) is 3.49. The summed E-state index contributed by atoms with van der Waals surface area (Å²) in [6, 6.07) is 7.13. The molecule has 4 atom stereocenters. The summed E-state index contributed by atoms with van der Waals surface area (Å²) >= 11 is 0. The van der Waals surface area contributed by atoms with E-state index in [0.717, 1.165) is 55.6 Å². The van der Waals surface area contributed by atoms with Crippen molar-refractivity contribution in [3.63, 3.8) is 0 Å². The number of aryl methyl sites for hydroxylation is 1. The highest BCUT2D eigenvalue weighted by molar-refractivity contribution is 5.64. The fourth-order valence-electron chi connectivity index (χ4n) is 6.02. The van der Waals surface area contributed by atoms with Gasteiger partial charge in [-0.1, -0.05) is 0 Å². The summed E-state index contributed by atoms with van der Waals surface area (Å²) in [4.78, 5) is 15.1. The molecule has 3 heterocycles. The van der Waals surface area contributed by atoms with Gasteiger partial charge >= 0.3 is 0 Å². The fraction of sp³-hybridized carbons (Fsp3) is 0.538. The lowest BCUT2D eigenvalue weighted by molar-refractivity contribution is 0.176. The van der Waals surface area contributed by atoms with Crippen LogP contribution in [-0.2, 0) is 0 Å². The second-order valence-electron chi connectivity index (χ2n) is 9.77. The Morgan fingerprint density at radius 1 is 1.12 bits per heavy atom. The minimum atomic E-state index is -0.614. The number of hydrogen-bond donors (Lipinski definition) is 2. The summed E-state index contributed by atoms with van der Waals surface area (Å²) in [5.41, 5.74) is 9.52. The molecule has 3 N–H and O–H groups in total. The highest BCUT2D eigenvalue weighted by atomic mass is 19.1. The molecular weight excluding hydrogens is 429 g/mol. The topological polar surface area (TPSA) is 73.3 Å². The molecule has 4 fully saturated rings. The van der Waals surface area contributed by atoms with Gasteiger partial charge < -0.3 is 20.9 Å². The highest BCUT2D eigenvalue weighted by Gasteiger charge is 2.71. The van der Waals surface area contributed by atoms with Crippen LogP contribution in [0.25, 0.3) is 0 Å². The van der Waals surface area contributed by atoms with Crippen molar-refractivity contribution in [3.8, 4) is 12.8 Å². The number of halogens is 1. The number of likely N-dealkylation sites (N-methyl/N-ethyl adjacent to an activating group) is 2. The van der Waals surface area contributed by atoms with Crippen LogP contribution < -0.4 is 16.0 Å². The summed E-state index contributed by atoms with van der Waals surface area (Å²) in [6.07, 6.45) is 15.1. The number of terminal acetylenes is 1. The van der Waals surface area contributed by atoms with Crippen LogP contribution >= 0.6 is 0 Å². The van der Waals surface area contributed by atoms with Gasteiger partial charge in [0.25, 0.3) is 0 Å². The second kappa shape index (κ2) is 9.77. The maximum Gasteiger partial charge on any atom is 0.229 e. The van der Waals surface area contributed by atoms with Gasteiger partial charge in [-0.2, -0.15) is 4.98 Å². The molecule has 4 unspecified atom stereocenters. The Labute approximate surface area is 202 Å². The summed E-state index contributed by atoms with van der Waals surface area (Å²) < 4.78 is 13.1. The number of nitrogen functional groups attached to an aromatic ring is 1. The zero-order valence-electron chi connectivity index (χ0n) is 20.5. The molecule has 2 aromatic rings. The van der Waals surface area contributed by atoms with E-state index < -0.39 is 5.82 Å². The van der Waals surface area contributed by atoms with E-state index in [-0.39, 0.29) is 11.8 Å². The van der Waals surface area contributed by atoms with Crippen molar-refractivity contribution in [2.45, 2.75) is 44.2 Å². The number of benzene rings is 1. The SMILES string of the molecule is C#C.CN1C2CCC3CCC321.Cc1cc(Nc2ncc(F)c(N)n2)ccc1N1CCN(C)CC1. The van der Waals surface area contributed by atoms with Crippen LogP contribution in [0.4, 0.5) is 27.5 Å². The zero-order valence-corrected chi connectivity index (χ0v) is 20.5. The Bertz CT molecular complexity index is 1030. The van der Waals surface area contributed by atoms with Crippen LogP contribution in [0.1, 0.15) is 31.2 Å². The lowest BCUT2D eigenvalue weighted by Gasteiger charge is -2.35. The molecule has 1 aromatic carbocycles. The fourth-order valence-corrected chi connectivity index (χ4v) is 6.02. The third kappa shape index (κ3) is 4.42. The number of piperidine rings is 1. The van der Waals surface area contributed by atoms with Crippen molar-refractivity contribution in [1.82, 2.24) is 19.8 Å². The van der Waals surface area contributed by atoms with Crippen molar-refractivity contribution < 1.29 is 4.39 Å². The minimum absolute atomic E-state index is 0.159. The first-order valence-corrected chi connectivity index (χ1v) is 12.0. The molecule has 182 valence electrons. The molecular formula is C26H36FN7. The quantitative estimate of drug-likeness (QED) is 0.531. The van der Waals surface area contributed by atoms with E-state index in [1.54, 1.807) is 0 Å². The normalized spacial score (nSPS) is 28.8. The Kier molecular flexibility index (Phi) is 6.96. The number of aromatic nitrogens is 2. The van der Waals surface area contributed by atoms with Crippen molar-refractivity contribution >= 4 is 23.1 Å². The molecule has 2 aliphatic heterocycles. The van der Waals surface area contributed by atoms with Crippen molar-refractivity contribution in [2.75, 3.05) is 56.2 Å². The predicted molar refractivity (Wildman–Crippen MR) is 137 cm³/mol. The Morgan fingerprint density at radius 2 is 1.85 bits per heavy atom. The third-order valence-corrected chi connectivity index (χ3v) is 8.09. The number of anilines is 4. The molecule has 0 radical (unpaired) electrons. The first kappa shape index (κ1) is 24.2. The van der Waals surface area contributed by atoms with Gasteiger partial charge in [0.1, 0.15) is 0 Å². The summed E-state index contributed by atoms with van der Waals surface area (Å²) in [5, 5.41) is 3.05. The second-order valence-corrected chi connectivity index (χ2v) is 9.77. The Morgan fingerprint density at radius 3 is 2.38 bits per heavy atom. The standard InChI is InChI=1S/C16H21FN6.C8H13N.C2H2/c1-11-9-12(20-16-19-10-13(17)15(18)21-16)3-4-14(11)23-7-5-22(2)6-8-23;1-9-7-3-2-6-4-5-8(6,7)9;1-2/h3-4,9-10H,5-8H2,1-2H3,(H3,18,19,20,21);6-7H,2-5H2,1H3;1-2H. The van der Waals surface area contributed by atoms with Crippen LogP contribution in [0, 0.1) is 31.5 Å². The molecule has 6 rings (SSSR count). The largest absolute Gasteiger partial charge is 0.381 e. The number of likely N-dealkylation sites (tertiary alicyclic amines) is 1. The maximum atomic E-state index is 13.1. The molecule has 2 saturated carbocycles. The summed E-state index contributed by atoms with van der Waals surface area (Å²) in [6.45, 7) is 6.28. The van der Waals surface area contributed by atoms with Crippen LogP contribution in [0.15, 0.2) is 24.4 Å². The van der Waals surface area contributed by atoms with E-state index in [4.69, 9.17) is 5.73 Å². The van der Waals surface area contributed by atoms with Crippen LogP contribution in [0.2, 0.25) is 0 Å². The summed E-state index contributed by atoms with van der Waals surface area (Å²) in [5.74, 6) is 0.633. The molecule has 1 aromatic heterocycles. The number of nitrogens with two attached hydrogens (primary N) is 1. The van der Waals surface area contributed by atoms with Crippen molar-refractivity contribution in [2.24, 2.45) is 5.92 Å². The van der Waals surface area contributed by atoms with Crippen LogP contribution in [0.3, 0.4) is 0 Å². The van der Waals surface area contributed by atoms with Gasteiger partial charge in [-0.25, -0.2) is 9.37 Å². The highest BCUT2D eigenvalue weighted by Crippen LogP contribution is 2.65. The van der Waals surface area contributed by atoms with Crippen LogP contribution in [0.5, 0.6) is 0 Å². The average Bonchev–Trinajstić information content (AvgIpc) is 3.34. The molecule has 7 nitrogen and oxygen atoms in total. The van der Waals surface area contributed by atoms with Gasteiger partial charge in [-0.05, 0) is 76.4 Å². The van der Waals surface area contributed by atoms with E-state index in [1.165, 1.54) is 36.9 Å². The van der Waals surface area contributed by atoms with Crippen LogP contribution in [-0.4, -0.2) is 71.6 Å². The van der Waals surface area contributed by atoms with Gasteiger partial charge in [0.15, 0.2) is 11.6 Å². The number of nitrogens with zero attached hydrogens (tertiary/aromatic N) is 5. The summed E-state index contributed by atoms with van der Waals surface area (Å²) in [7, 11) is 4.45. The van der Waals surface area contributed by atoms with E-state index in [9.17, 15) is 4.39 Å². The number of hydrogen-bond acceptors (Lipinski definition) is 7. The first-order valence-electron chi connectivity index (χ1n) is 12.0. The number of piperazine rings is 1. The molecule has 4 aliphatic rings. The number of rotatable bonds is 3. The van der Waals surface area contributed by atoms with E-state index in [1.807, 2.05) is 12.1 Å². The Balaban J connectivity index is 0.000000203. The smallest absolute Gasteiger partial charge is 0.229 e. The molecule has 1 spiro atoms. The number of nitrogens with one attached hydrogen (secondary N) is 1. The molecule has 34 heavy (non-hydrogen) atoms. The average molecular weight is 466 g/mol. The maximum absolute atomic E-state index is 13.1. The molecule has 0 bridgehead atoms. The van der Waals surface area contributed by atoms with Crippen molar-refractivity contribution in [1.29, 1.82) is 0 Å². The van der Waals surface area contributed by atoms with Crippen molar-refractivity contribution in [3.05, 3.63) is 35.8 Å². The minimum Gasteiger partial charge on any atom is -0.381 e. The van der Waals surface area contributed by atoms with Gasteiger partial charge in [-0.15, -0.1) is 12.8 Å². The monoisotopic (exact) mass is 465 g/mol. The van der Waals surface area contributed by atoms with E-state index >= 15 is 0 Å². The lowest BCUT2D eigenvalue weighted by atomic mass is 9.74. The molecule has 2 aliphatic carbocycles. The van der Waals surface area contributed by atoms with Gasteiger partial charge in [-0.3, -0.25) is 4.90 Å². The van der Waals surface area contributed by atoms with E-state index in [0.29, 0.717) is 0 Å². The lowest BCUT2D eigenvalue weighted by Crippen LogP contribution is -2.44. The molecule has 0 amide bonds. The Hall–Kier alpha value is -2.89.